The van der Waals surface area contributed by atoms with Gasteiger partial charge in [-0.2, -0.15) is 0 Å². The predicted octanol–water partition coefficient (Wildman–Crippen LogP) is 1.53. The van der Waals surface area contributed by atoms with Crippen LogP contribution in [0.15, 0.2) is 40.3 Å². The molecule has 1 aliphatic rings. The molecule has 2 aromatic rings. The van der Waals surface area contributed by atoms with Crippen LogP contribution in [0.4, 0.5) is 0 Å². The Morgan fingerprint density at radius 3 is 2.65 bits per heavy atom. The maximum Gasteiger partial charge on any atom is 0.289 e. The molecule has 7 heteroatoms. The quantitative estimate of drug-likeness (QED) is 0.901. The highest BCUT2D eigenvalue weighted by molar-refractivity contribution is 7.12. The Morgan fingerprint density at radius 1 is 1.17 bits per heavy atom. The lowest BCUT2D eigenvalue weighted by Crippen LogP contribution is -2.50. The number of amides is 2. The van der Waals surface area contributed by atoms with Crippen molar-refractivity contribution in [3.8, 4) is 0 Å². The van der Waals surface area contributed by atoms with Gasteiger partial charge in [-0.25, -0.2) is 0 Å². The van der Waals surface area contributed by atoms with Gasteiger partial charge in [-0.3, -0.25) is 14.5 Å². The van der Waals surface area contributed by atoms with Gasteiger partial charge in [0.2, 0.25) is 0 Å². The van der Waals surface area contributed by atoms with Crippen molar-refractivity contribution in [1.29, 1.82) is 0 Å². The zero-order valence-corrected chi connectivity index (χ0v) is 13.6. The Balaban J connectivity index is 1.38. The first-order valence-electron chi connectivity index (χ1n) is 7.61. The molecule has 0 aromatic carbocycles. The number of carbonyl (C=O) groups is 2. The van der Waals surface area contributed by atoms with Crippen LogP contribution in [0.2, 0.25) is 0 Å². The molecule has 6 nitrogen and oxygen atoms in total. The molecule has 0 saturated carbocycles. The van der Waals surface area contributed by atoms with Crippen LogP contribution in [0, 0.1) is 0 Å². The SMILES string of the molecule is O=C(NCCN1CCN(C(=O)c2ccco2)CC1)c1cccs1. The molecule has 2 amide bonds. The van der Waals surface area contributed by atoms with Crippen LogP contribution >= 0.6 is 11.3 Å². The van der Waals surface area contributed by atoms with Gasteiger partial charge in [0.15, 0.2) is 5.76 Å². The van der Waals surface area contributed by atoms with E-state index in [2.05, 4.69) is 10.2 Å². The molecule has 0 unspecified atom stereocenters. The van der Waals surface area contributed by atoms with Crippen LogP contribution in [-0.2, 0) is 0 Å². The molecule has 1 saturated heterocycles. The number of carbonyl (C=O) groups excluding carboxylic acids is 2. The lowest BCUT2D eigenvalue weighted by molar-refractivity contribution is 0.0607. The molecule has 0 radical (unpaired) electrons. The van der Waals surface area contributed by atoms with Crippen LogP contribution in [-0.4, -0.2) is 60.9 Å². The lowest BCUT2D eigenvalue weighted by Gasteiger charge is -2.34. The molecule has 3 rings (SSSR count). The third-order valence-corrected chi connectivity index (χ3v) is 4.72. The molecular weight excluding hydrogens is 314 g/mol. The second-order valence-electron chi connectivity index (χ2n) is 5.34. The minimum Gasteiger partial charge on any atom is -0.459 e. The fourth-order valence-electron chi connectivity index (χ4n) is 2.55. The molecule has 0 bridgehead atoms. The summed E-state index contributed by atoms with van der Waals surface area (Å²) < 4.78 is 5.15. The molecule has 1 fully saturated rings. The number of nitrogens with zero attached hydrogens (tertiary/aromatic N) is 2. The Kier molecular flexibility index (Phi) is 5.09. The van der Waals surface area contributed by atoms with Crippen molar-refractivity contribution in [2.75, 3.05) is 39.3 Å². The molecule has 1 N–H and O–H groups in total. The zero-order chi connectivity index (χ0) is 16.1. The second kappa shape index (κ2) is 7.43. The van der Waals surface area contributed by atoms with E-state index in [1.807, 2.05) is 17.5 Å². The minimum atomic E-state index is -0.0550. The summed E-state index contributed by atoms with van der Waals surface area (Å²) >= 11 is 1.44. The summed E-state index contributed by atoms with van der Waals surface area (Å²) in [6.07, 6.45) is 1.51. The second-order valence-corrected chi connectivity index (χ2v) is 6.29. The van der Waals surface area contributed by atoms with Crippen LogP contribution in [0.1, 0.15) is 20.2 Å². The maximum absolute atomic E-state index is 12.2. The van der Waals surface area contributed by atoms with Crippen LogP contribution in [0.3, 0.4) is 0 Å². The lowest BCUT2D eigenvalue weighted by atomic mass is 10.3. The summed E-state index contributed by atoms with van der Waals surface area (Å²) in [4.78, 5) is 28.8. The number of hydrogen-bond acceptors (Lipinski definition) is 5. The topological polar surface area (TPSA) is 65.8 Å². The monoisotopic (exact) mass is 333 g/mol. The Morgan fingerprint density at radius 2 is 2.00 bits per heavy atom. The highest BCUT2D eigenvalue weighted by atomic mass is 32.1. The molecule has 23 heavy (non-hydrogen) atoms. The highest BCUT2D eigenvalue weighted by Crippen LogP contribution is 2.10. The standard InChI is InChI=1S/C16H19N3O3S/c20-15(14-4-2-12-23-14)17-5-6-18-7-9-19(10-8-18)16(21)13-3-1-11-22-13/h1-4,11-12H,5-10H2,(H,17,20). The summed E-state index contributed by atoms with van der Waals surface area (Å²) in [5.74, 6) is 0.314. The van der Waals surface area contributed by atoms with Gasteiger partial charge in [0.1, 0.15) is 0 Å². The van der Waals surface area contributed by atoms with E-state index in [0.717, 1.165) is 24.5 Å². The third kappa shape index (κ3) is 4.00. The molecule has 122 valence electrons. The molecule has 2 aromatic heterocycles. The summed E-state index contributed by atoms with van der Waals surface area (Å²) in [7, 11) is 0. The highest BCUT2D eigenvalue weighted by Gasteiger charge is 2.23. The summed E-state index contributed by atoms with van der Waals surface area (Å²) in [5, 5.41) is 4.82. The van der Waals surface area contributed by atoms with E-state index in [4.69, 9.17) is 4.42 Å². The molecule has 0 atom stereocenters. The Bertz CT molecular complexity index is 629. The van der Waals surface area contributed by atoms with E-state index in [0.29, 0.717) is 25.4 Å². The van der Waals surface area contributed by atoms with Gasteiger partial charge in [-0.1, -0.05) is 6.07 Å². The number of hydrogen-bond donors (Lipinski definition) is 1. The predicted molar refractivity (Wildman–Crippen MR) is 87.7 cm³/mol. The number of furan rings is 1. The van der Waals surface area contributed by atoms with Crippen LogP contribution < -0.4 is 5.32 Å². The number of thiophene rings is 1. The van der Waals surface area contributed by atoms with Gasteiger partial charge in [0.25, 0.3) is 11.8 Å². The van der Waals surface area contributed by atoms with E-state index in [9.17, 15) is 9.59 Å². The average Bonchev–Trinajstić information content (AvgIpc) is 3.28. The summed E-state index contributed by atoms with van der Waals surface area (Å²) in [5.41, 5.74) is 0. The van der Waals surface area contributed by atoms with Crippen molar-refractivity contribution in [1.82, 2.24) is 15.1 Å². The van der Waals surface area contributed by atoms with Gasteiger partial charge in [0, 0.05) is 39.3 Å². The fourth-order valence-corrected chi connectivity index (χ4v) is 3.19. The van der Waals surface area contributed by atoms with E-state index in [1.54, 1.807) is 17.0 Å². The molecule has 0 aliphatic carbocycles. The number of rotatable bonds is 5. The van der Waals surface area contributed by atoms with Crippen LogP contribution in [0.25, 0.3) is 0 Å². The summed E-state index contributed by atoms with van der Waals surface area (Å²) in [6, 6.07) is 7.10. The van der Waals surface area contributed by atoms with E-state index in [1.165, 1.54) is 17.6 Å². The normalized spacial score (nSPS) is 15.6. The van der Waals surface area contributed by atoms with Gasteiger partial charge in [-0.05, 0) is 23.6 Å². The van der Waals surface area contributed by atoms with Gasteiger partial charge in [-0.15, -0.1) is 11.3 Å². The first-order valence-corrected chi connectivity index (χ1v) is 8.49. The molecule has 3 heterocycles. The van der Waals surface area contributed by atoms with Gasteiger partial charge < -0.3 is 14.6 Å². The van der Waals surface area contributed by atoms with E-state index in [-0.39, 0.29) is 11.8 Å². The van der Waals surface area contributed by atoms with Crippen molar-refractivity contribution >= 4 is 23.2 Å². The number of nitrogens with one attached hydrogen (secondary N) is 1. The van der Waals surface area contributed by atoms with Crippen molar-refractivity contribution < 1.29 is 14.0 Å². The average molecular weight is 333 g/mol. The summed E-state index contributed by atoms with van der Waals surface area (Å²) in [6.45, 7) is 4.38. The Hall–Kier alpha value is -2.12. The first kappa shape index (κ1) is 15.8. The van der Waals surface area contributed by atoms with Crippen LogP contribution in [0.5, 0.6) is 0 Å². The molecule has 1 aliphatic heterocycles. The fraction of sp³-hybridized carbons (Fsp3) is 0.375. The van der Waals surface area contributed by atoms with Crippen molar-refractivity contribution in [2.45, 2.75) is 0 Å². The molecular formula is C16H19N3O3S. The largest absolute Gasteiger partial charge is 0.459 e. The van der Waals surface area contributed by atoms with E-state index < -0.39 is 0 Å². The van der Waals surface area contributed by atoms with E-state index >= 15 is 0 Å². The van der Waals surface area contributed by atoms with Gasteiger partial charge >= 0.3 is 0 Å². The number of piperazine rings is 1. The first-order chi connectivity index (χ1) is 11.2. The zero-order valence-electron chi connectivity index (χ0n) is 12.7. The Labute approximate surface area is 138 Å². The molecule has 0 spiro atoms. The van der Waals surface area contributed by atoms with Gasteiger partial charge in [0.05, 0.1) is 11.1 Å². The van der Waals surface area contributed by atoms with Crippen molar-refractivity contribution in [3.63, 3.8) is 0 Å². The minimum absolute atomic E-state index is 0.0216. The van der Waals surface area contributed by atoms with Crippen molar-refractivity contribution in [3.05, 3.63) is 46.5 Å². The third-order valence-electron chi connectivity index (χ3n) is 3.85. The smallest absolute Gasteiger partial charge is 0.289 e. The van der Waals surface area contributed by atoms with Crippen molar-refractivity contribution in [2.24, 2.45) is 0 Å². The maximum atomic E-state index is 12.2.